The SMILES string of the molecule is CC(C)CC[C@H](c1ccc(OC(F)(F)F)cc1)N1CCNCC1.Cl.Cl. The first-order valence-electron chi connectivity index (χ1n) is 8.15. The summed E-state index contributed by atoms with van der Waals surface area (Å²) in [6.45, 7) is 8.21. The second kappa shape index (κ2) is 11.1. The van der Waals surface area contributed by atoms with Gasteiger partial charge in [0.15, 0.2) is 0 Å². The summed E-state index contributed by atoms with van der Waals surface area (Å²) in [6, 6.07) is 6.59. The molecule has 25 heavy (non-hydrogen) atoms. The van der Waals surface area contributed by atoms with Crippen molar-refractivity contribution in [1.29, 1.82) is 0 Å². The van der Waals surface area contributed by atoms with Crippen LogP contribution < -0.4 is 10.1 Å². The van der Waals surface area contributed by atoms with Gasteiger partial charge in [0.1, 0.15) is 5.75 Å². The van der Waals surface area contributed by atoms with Crippen LogP contribution in [0.5, 0.6) is 5.75 Å². The van der Waals surface area contributed by atoms with Gasteiger partial charge in [0.05, 0.1) is 0 Å². The van der Waals surface area contributed by atoms with E-state index in [1.165, 1.54) is 12.1 Å². The highest BCUT2D eigenvalue weighted by molar-refractivity contribution is 5.85. The van der Waals surface area contributed by atoms with Crippen molar-refractivity contribution in [2.45, 2.75) is 39.1 Å². The number of piperazine rings is 1. The lowest BCUT2D eigenvalue weighted by Gasteiger charge is -2.35. The smallest absolute Gasteiger partial charge is 0.406 e. The molecule has 1 aromatic rings. The molecule has 1 aliphatic rings. The molecule has 1 heterocycles. The summed E-state index contributed by atoms with van der Waals surface area (Å²) in [4.78, 5) is 2.42. The van der Waals surface area contributed by atoms with Gasteiger partial charge in [0.25, 0.3) is 0 Å². The van der Waals surface area contributed by atoms with Crippen LogP contribution in [-0.2, 0) is 0 Å². The maximum absolute atomic E-state index is 12.3. The van der Waals surface area contributed by atoms with Gasteiger partial charge in [-0.15, -0.1) is 38.0 Å². The summed E-state index contributed by atoms with van der Waals surface area (Å²) in [5, 5.41) is 3.33. The van der Waals surface area contributed by atoms with E-state index in [2.05, 4.69) is 28.8 Å². The molecule has 2 rings (SSSR count). The lowest BCUT2D eigenvalue weighted by molar-refractivity contribution is -0.274. The van der Waals surface area contributed by atoms with Gasteiger partial charge in [-0.2, -0.15) is 0 Å². The molecule has 1 saturated heterocycles. The van der Waals surface area contributed by atoms with Gasteiger partial charge < -0.3 is 10.1 Å². The normalized spacial score (nSPS) is 16.7. The van der Waals surface area contributed by atoms with E-state index < -0.39 is 6.36 Å². The fraction of sp³-hybridized carbons (Fsp3) is 0.647. The molecule has 8 heteroatoms. The molecule has 0 aromatic heterocycles. The van der Waals surface area contributed by atoms with Gasteiger partial charge >= 0.3 is 6.36 Å². The zero-order valence-electron chi connectivity index (χ0n) is 14.5. The van der Waals surface area contributed by atoms with Gasteiger partial charge in [-0.1, -0.05) is 26.0 Å². The van der Waals surface area contributed by atoms with Gasteiger partial charge in [-0.3, -0.25) is 4.90 Å². The number of hydrogen-bond donors (Lipinski definition) is 1. The molecule has 3 nitrogen and oxygen atoms in total. The van der Waals surface area contributed by atoms with Crippen molar-refractivity contribution in [3.63, 3.8) is 0 Å². The lowest BCUT2D eigenvalue weighted by atomic mass is 9.95. The van der Waals surface area contributed by atoms with E-state index in [0.29, 0.717) is 5.92 Å². The zero-order chi connectivity index (χ0) is 16.9. The van der Waals surface area contributed by atoms with Crippen molar-refractivity contribution in [3.8, 4) is 5.75 Å². The Morgan fingerprint density at radius 2 is 1.60 bits per heavy atom. The maximum atomic E-state index is 12.3. The second-order valence-corrected chi connectivity index (χ2v) is 6.39. The first-order valence-corrected chi connectivity index (χ1v) is 8.15. The summed E-state index contributed by atoms with van der Waals surface area (Å²) < 4.78 is 40.7. The second-order valence-electron chi connectivity index (χ2n) is 6.39. The summed E-state index contributed by atoms with van der Waals surface area (Å²) in [5.41, 5.74) is 1.06. The van der Waals surface area contributed by atoms with Crippen LogP contribution in [0.4, 0.5) is 13.2 Å². The fourth-order valence-electron chi connectivity index (χ4n) is 2.94. The molecule has 0 bridgehead atoms. The monoisotopic (exact) mass is 402 g/mol. The fourth-order valence-corrected chi connectivity index (χ4v) is 2.94. The van der Waals surface area contributed by atoms with Crippen molar-refractivity contribution >= 4 is 24.8 Å². The third kappa shape index (κ3) is 8.49. The van der Waals surface area contributed by atoms with E-state index in [1.54, 1.807) is 12.1 Å². The predicted octanol–water partition coefficient (Wildman–Crippen LogP) is 4.81. The van der Waals surface area contributed by atoms with E-state index in [-0.39, 0.29) is 36.6 Å². The van der Waals surface area contributed by atoms with Crippen molar-refractivity contribution < 1.29 is 17.9 Å². The molecule has 0 amide bonds. The minimum Gasteiger partial charge on any atom is -0.406 e. The zero-order valence-corrected chi connectivity index (χ0v) is 16.1. The predicted molar refractivity (Wildman–Crippen MR) is 98.9 cm³/mol. The summed E-state index contributed by atoms with van der Waals surface area (Å²) in [5.74, 6) is 0.442. The summed E-state index contributed by atoms with van der Waals surface area (Å²) in [6.07, 6.45) is -2.54. The van der Waals surface area contributed by atoms with Crippen LogP contribution in [0.3, 0.4) is 0 Å². The van der Waals surface area contributed by atoms with E-state index in [0.717, 1.165) is 44.6 Å². The minimum absolute atomic E-state index is 0. The molecule has 0 saturated carbocycles. The topological polar surface area (TPSA) is 24.5 Å². The van der Waals surface area contributed by atoms with Crippen LogP contribution in [-0.4, -0.2) is 37.4 Å². The maximum Gasteiger partial charge on any atom is 0.573 e. The van der Waals surface area contributed by atoms with E-state index in [4.69, 9.17) is 0 Å². The third-order valence-corrected chi connectivity index (χ3v) is 4.11. The minimum atomic E-state index is -4.64. The van der Waals surface area contributed by atoms with Gasteiger partial charge in [0, 0.05) is 32.2 Å². The Morgan fingerprint density at radius 1 is 1.04 bits per heavy atom. The van der Waals surface area contributed by atoms with E-state index in [9.17, 15) is 13.2 Å². The Hall–Kier alpha value is -0.690. The van der Waals surface area contributed by atoms with Crippen molar-refractivity contribution in [2.24, 2.45) is 5.92 Å². The van der Waals surface area contributed by atoms with Crippen LogP contribution in [0, 0.1) is 5.92 Å². The Bertz CT molecular complexity index is 478. The van der Waals surface area contributed by atoms with Crippen molar-refractivity contribution in [1.82, 2.24) is 10.2 Å². The average molecular weight is 403 g/mol. The quantitative estimate of drug-likeness (QED) is 0.738. The Balaban J connectivity index is 0.00000288. The largest absolute Gasteiger partial charge is 0.573 e. The number of halogens is 5. The van der Waals surface area contributed by atoms with Crippen LogP contribution in [0.2, 0.25) is 0 Å². The summed E-state index contributed by atoms with van der Waals surface area (Å²) in [7, 11) is 0. The number of rotatable bonds is 6. The number of nitrogens with zero attached hydrogens (tertiary/aromatic N) is 1. The molecular weight excluding hydrogens is 376 g/mol. The molecule has 0 aliphatic carbocycles. The molecule has 1 N–H and O–H groups in total. The molecule has 1 fully saturated rings. The van der Waals surface area contributed by atoms with Crippen LogP contribution in [0.15, 0.2) is 24.3 Å². The highest BCUT2D eigenvalue weighted by Crippen LogP contribution is 2.30. The highest BCUT2D eigenvalue weighted by atomic mass is 35.5. The van der Waals surface area contributed by atoms with Crippen LogP contribution in [0.1, 0.15) is 38.3 Å². The molecule has 0 radical (unpaired) electrons. The number of benzene rings is 1. The molecular formula is C17H27Cl2F3N2O. The first-order chi connectivity index (χ1) is 10.8. The first kappa shape index (κ1) is 24.3. The van der Waals surface area contributed by atoms with Crippen LogP contribution >= 0.6 is 24.8 Å². The lowest BCUT2D eigenvalue weighted by Crippen LogP contribution is -2.45. The summed E-state index contributed by atoms with van der Waals surface area (Å²) >= 11 is 0. The van der Waals surface area contributed by atoms with Gasteiger partial charge in [-0.25, -0.2) is 0 Å². The van der Waals surface area contributed by atoms with E-state index >= 15 is 0 Å². The molecule has 1 aliphatic heterocycles. The van der Waals surface area contributed by atoms with E-state index in [1.807, 2.05) is 0 Å². The van der Waals surface area contributed by atoms with Gasteiger partial charge in [0.2, 0.25) is 0 Å². The highest BCUT2D eigenvalue weighted by Gasteiger charge is 2.31. The number of ether oxygens (including phenoxy) is 1. The Kier molecular flexibility index (Phi) is 10.8. The van der Waals surface area contributed by atoms with Crippen LogP contribution in [0.25, 0.3) is 0 Å². The molecule has 146 valence electrons. The molecule has 1 atom stereocenters. The third-order valence-electron chi connectivity index (χ3n) is 4.11. The number of alkyl halides is 3. The molecule has 1 aromatic carbocycles. The number of hydrogen-bond acceptors (Lipinski definition) is 3. The van der Waals surface area contributed by atoms with Crippen molar-refractivity contribution in [3.05, 3.63) is 29.8 Å². The average Bonchev–Trinajstić information content (AvgIpc) is 2.48. The van der Waals surface area contributed by atoms with Gasteiger partial charge in [-0.05, 0) is 36.5 Å². The number of nitrogens with one attached hydrogen (secondary N) is 1. The molecule has 0 spiro atoms. The van der Waals surface area contributed by atoms with Crippen molar-refractivity contribution in [2.75, 3.05) is 26.2 Å². The standard InChI is InChI=1S/C17H25F3N2O.2ClH/c1-13(2)3-8-16(22-11-9-21-10-12-22)14-4-6-15(7-5-14)23-17(18,19)20;;/h4-7,13,16,21H,3,8-12H2,1-2H3;2*1H/t16-;;/m1../s1. The Labute approximate surface area is 160 Å². The molecule has 0 unspecified atom stereocenters. The Morgan fingerprint density at radius 3 is 2.08 bits per heavy atom.